The average Bonchev–Trinajstić information content (AvgIpc) is 2.67. The minimum absolute atomic E-state index is 0.163. The molecule has 1 amide bonds. The normalized spacial score (nSPS) is 10.1. The van der Waals surface area contributed by atoms with E-state index in [0.717, 1.165) is 35.8 Å². The second-order valence-corrected chi connectivity index (χ2v) is 7.11. The first-order valence-electron chi connectivity index (χ1n) is 8.80. The zero-order valence-electron chi connectivity index (χ0n) is 15.6. The molecule has 0 aliphatic rings. The number of hydrogen-bond acceptors (Lipinski definition) is 4. The molecule has 144 valence electrons. The number of benzene rings is 2. The Bertz CT molecular complexity index is 734. The van der Waals surface area contributed by atoms with Gasteiger partial charge in [0.1, 0.15) is 5.75 Å². The minimum atomic E-state index is -0.163. The molecule has 2 aromatic carbocycles. The van der Waals surface area contributed by atoms with Crippen LogP contribution in [0.1, 0.15) is 23.7 Å². The number of carbonyl (C=O) groups is 1. The Morgan fingerprint density at radius 2 is 1.67 bits per heavy atom. The first-order valence-corrected chi connectivity index (χ1v) is 10.6. The smallest absolute Gasteiger partial charge is 0.255 e. The summed E-state index contributed by atoms with van der Waals surface area (Å²) in [7, 11) is 0. The van der Waals surface area contributed by atoms with E-state index in [2.05, 4.69) is 22.2 Å². The van der Waals surface area contributed by atoms with Crippen molar-refractivity contribution in [2.75, 3.05) is 35.8 Å². The van der Waals surface area contributed by atoms with Crippen molar-refractivity contribution in [2.24, 2.45) is 0 Å². The van der Waals surface area contributed by atoms with Gasteiger partial charge in [0, 0.05) is 23.5 Å². The molecule has 0 aliphatic carbocycles. The van der Waals surface area contributed by atoms with Gasteiger partial charge in [-0.1, -0.05) is 0 Å². The van der Waals surface area contributed by atoms with Crippen molar-refractivity contribution in [3.63, 3.8) is 0 Å². The van der Waals surface area contributed by atoms with E-state index in [4.69, 9.17) is 17.0 Å². The van der Waals surface area contributed by atoms with Crippen molar-refractivity contribution < 1.29 is 9.53 Å². The van der Waals surface area contributed by atoms with E-state index in [0.29, 0.717) is 17.3 Å². The van der Waals surface area contributed by atoms with Crippen LogP contribution in [0.5, 0.6) is 5.75 Å². The number of ether oxygens (including phenoxy) is 1. The molecule has 0 unspecified atom stereocenters. The van der Waals surface area contributed by atoms with Crippen LogP contribution < -0.4 is 20.7 Å². The molecule has 0 atom stereocenters. The molecule has 0 radical (unpaired) electrons. The number of nitrogens with one attached hydrogen (secondary N) is 3. The van der Waals surface area contributed by atoms with Crippen LogP contribution in [-0.2, 0) is 0 Å². The third-order valence-corrected chi connectivity index (χ3v) is 4.58. The number of thioether (sulfide) groups is 1. The molecular weight excluding hydrogens is 378 g/mol. The zero-order valence-corrected chi connectivity index (χ0v) is 17.2. The van der Waals surface area contributed by atoms with Gasteiger partial charge in [0.25, 0.3) is 5.91 Å². The monoisotopic (exact) mass is 403 g/mol. The predicted octanol–water partition coefficient (Wildman–Crippen LogP) is 4.38. The molecule has 0 spiro atoms. The fraction of sp³-hybridized carbons (Fsp3) is 0.300. The summed E-state index contributed by atoms with van der Waals surface area (Å²) >= 11 is 7.08. The van der Waals surface area contributed by atoms with Gasteiger partial charge in [-0.2, -0.15) is 11.8 Å². The van der Waals surface area contributed by atoms with Crippen molar-refractivity contribution in [3.8, 4) is 5.75 Å². The van der Waals surface area contributed by atoms with Crippen LogP contribution in [0.2, 0.25) is 0 Å². The molecule has 0 bridgehead atoms. The number of rotatable bonds is 9. The van der Waals surface area contributed by atoms with Crippen LogP contribution >= 0.6 is 24.0 Å². The van der Waals surface area contributed by atoms with Crippen LogP contribution in [0, 0.1) is 0 Å². The largest absolute Gasteiger partial charge is 0.494 e. The van der Waals surface area contributed by atoms with Gasteiger partial charge in [0.2, 0.25) is 0 Å². The Morgan fingerprint density at radius 3 is 2.30 bits per heavy atom. The maximum Gasteiger partial charge on any atom is 0.255 e. The van der Waals surface area contributed by atoms with Crippen LogP contribution in [0.4, 0.5) is 11.4 Å². The number of thiocarbonyl (C=S) groups is 1. The second kappa shape index (κ2) is 11.5. The summed E-state index contributed by atoms with van der Waals surface area (Å²) < 4.78 is 5.40. The minimum Gasteiger partial charge on any atom is -0.494 e. The van der Waals surface area contributed by atoms with E-state index in [-0.39, 0.29) is 5.91 Å². The topological polar surface area (TPSA) is 62.4 Å². The van der Waals surface area contributed by atoms with Gasteiger partial charge in [-0.25, -0.2) is 0 Å². The van der Waals surface area contributed by atoms with E-state index in [1.165, 1.54) is 0 Å². The molecule has 3 N–H and O–H groups in total. The molecule has 0 fully saturated rings. The third-order valence-electron chi connectivity index (χ3n) is 3.64. The maximum atomic E-state index is 12.4. The number of carbonyl (C=O) groups excluding carboxylic acids is 1. The standard InChI is InChI=1S/C20H25N3O2S2/c1-3-25-18-11-9-16(10-12-18)22-19(24)15-5-7-17(8-6-15)23-20(26)21-13-4-14-27-2/h5-12H,3-4,13-14H2,1-2H3,(H,22,24)(H2,21,23,26). The first kappa shape index (κ1) is 21.1. The summed E-state index contributed by atoms with van der Waals surface area (Å²) in [6.45, 7) is 3.39. The summed E-state index contributed by atoms with van der Waals surface area (Å²) in [6, 6.07) is 14.5. The molecule has 5 nitrogen and oxygen atoms in total. The Labute approximate surface area is 170 Å². The highest BCUT2D eigenvalue weighted by atomic mass is 32.2. The lowest BCUT2D eigenvalue weighted by Crippen LogP contribution is -2.29. The van der Waals surface area contributed by atoms with Crippen molar-refractivity contribution in [1.29, 1.82) is 0 Å². The number of amides is 1. The highest BCUT2D eigenvalue weighted by molar-refractivity contribution is 7.98. The van der Waals surface area contributed by atoms with Gasteiger partial charge in [-0.15, -0.1) is 0 Å². The van der Waals surface area contributed by atoms with Gasteiger partial charge < -0.3 is 20.7 Å². The summed E-state index contributed by atoms with van der Waals surface area (Å²) in [6.07, 6.45) is 3.15. The molecule has 7 heteroatoms. The van der Waals surface area contributed by atoms with E-state index >= 15 is 0 Å². The Kier molecular flexibility index (Phi) is 8.94. The highest BCUT2D eigenvalue weighted by Crippen LogP contribution is 2.17. The fourth-order valence-electron chi connectivity index (χ4n) is 2.30. The molecule has 0 aromatic heterocycles. The van der Waals surface area contributed by atoms with Gasteiger partial charge in [0.15, 0.2) is 5.11 Å². The first-order chi connectivity index (χ1) is 13.1. The lowest BCUT2D eigenvalue weighted by molar-refractivity contribution is 0.102. The van der Waals surface area contributed by atoms with Crippen molar-refractivity contribution in [2.45, 2.75) is 13.3 Å². The Balaban J connectivity index is 1.84. The van der Waals surface area contributed by atoms with E-state index in [9.17, 15) is 4.79 Å². The molecule has 0 saturated heterocycles. The van der Waals surface area contributed by atoms with Gasteiger partial charge in [-0.05, 0) is 86.1 Å². The van der Waals surface area contributed by atoms with E-state index in [1.807, 2.05) is 55.1 Å². The molecule has 2 aromatic rings. The van der Waals surface area contributed by atoms with Crippen LogP contribution in [0.15, 0.2) is 48.5 Å². The van der Waals surface area contributed by atoms with E-state index in [1.54, 1.807) is 12.1 Å². The predicted molar refractivity (Wildman–Crippen MR) is 119 cm³/mol. The highest BCUT2D eigenvalue weighted by Gasteiger charge is 2.07. The van der Waals surface area contributed by atoms with E-state index < -0.39 is 0 Å². The molecular formula is C20H25N3O2S2. The van der Waals surface area contributed by atoms with Crippen LogP contribution in [-0.4, -0.2) is 36.2 Å². The molecule has 0 heterocycles. The lowest BCUT2D eigenvalue weighted by Gasteiger charge is -2.11. The second-order valence-electron chi connectivity index (χ2n) is 5.72. The lowest BCUT2D eigenvalue weighted by atomic mass is 10.2. The van der Waals surface area contributed by atoms with Crippen molar-refractivity contribution >= 4 is 46.4 Å². The fourth-order valence-corrected chi connectivity index (χ4v) is 2.96. The summed E-state index contributed by atoms with van der Waals surface area (Å²) in [5.41, 5.74) is 2.14. The summed E-state index contributed by atoms with van der Waals surface area (Å²) in [5.74, 6) is 1.72. The molecule has 27 heavy (non-hydrogen) atoms. The molecule has 0 aliphatic heterocycles. The Hall–Kier alpha value is -2.25. The maximum absolute atomic E-state index is 12.4. The summed E-state index contributed by atoms with van der Waals surface area (Å²) in [4.78, 5) is 12.4. The Morgan fingerprint density at radius 1 is 1.04 bits per heavy atom. The van der Waals surface area contributed by atoms with Crippen LogP contribution in [0.25, 0.3) is 0 Å². The zero-order chi connectivity index (χ0) is 19.5. The van der Waals surface area contributed by atoms with Gasteiger partial charge in [-0.3, -0.25) is 4.79 Å². The number of hydrogen-bond donors (Lipinski definition) is 3. The van der Waals surface area contributed by atoms with Gasteiger partial charge in [0.05, 0.1) is 6.61 Å². The molecule has 2 rings (SSSR count). The van der Waals surface area contributed by atoms with Crippen molar-refractivity contribution in [1.82, 2.24) is 5.32 Å². The molecule has 0 saturated carbocycles. The third kappa shape index (κ3) is 7.48. The van der Waals surface area contributed by atoms with Crippen molar-refractivity contribution in [3.05, 3.63) is 54.1 Å². The quantitative estimate of drug-likeness (QED) is 0.427. The summed E-state index contributed by atoms with van der Waals surface area (Å²) in [5, 5.41) is 9.75. The number of anilines is 2. The van der Waals surface area contributed by atoms with Gasteiger partial charge >= 0.3 is 0 Å². The average molecular weight is 404 g/mol. The SMILES string of the molecule is CCOc1ccc(NC(=O)c2ccc(NC(=S)NCCCSC)cc2)cc1. The van der Waals surface area contributed by atoms with Crippen LogP contribution in [0.3, 0.4) is 0 Å².